The SMILES string of the molecule is CCNC(=NCCc1ccc(OCc2ccccc2)cc1)N(C)CC1CCOC1.I. The fraction of sp³-hybridized carbons (Fsp3) is 0.458. The molecular formula is C24H34IN3O2. The molecule has 2 aromatic rings. The van der Waals surface area contributed by atoms with E-state index in [4.69, 9.17) is 14.5 Å². The van der Waals surface area contributed by atoms with E-state index in [0.717, 1.165) is 57.4 Å². The predicted molar refractivity (Wildman–Crippen MR) is 134 cm³/mol. The molecule has 1 fully saturated rings. The van der Waals surface area contributed by atoms with Crippen molar-refractivity contribution in [1.29, 1.82) is 0 Å². The fourth-order valence-corrected chi connectivity index (χ4v) is 3.45. The molecule has 0 bridgehead atoms. The van der Waals surface area contributed by atoms with Crippen molar-refractivity contribution in [3.8, 4) is 5.75 Å². The number of guanidine groups is 1. The Bertz CT molecular complexity index is 747. The van der Waals surface area contributed by atoms with Crippen molar-refractivity contribution < 1.29 is 9.47 Å². The highest BCUT2D eigenvalue weighted by atomic mass is 127. The molecule has 1 aliphatic heterocycles. The van der Waals surface area contributed by atoms with Gasteiger partial charge in [0.2, 0.25) is 0 Å². The summed E-state index contributed by atoms with van der Waals surface area (Å²) in [5.74, 6) is 2.47. The Morgan fingerprint density at radius 2 is 1.90 bits per heavy atom. The van der Waals surface area contributed by atoms with E-state index in [1.54, 1.807) is 0 Å². The number of nitrogens with zero attached hydrogens (tertiary/aromatic N) is 2. The second-order valence-electron chi connectivity index (χ2n) is 7.51. The molecule has 3 rings (SSSR count). The van der Waals surface area contributed by atoms with Gasteiger partial charge in [0.15, 0.2) is 5.96 Å². The van der Waals surface area contributed by atoms with Crippen LogP contribution in [0.3, 0.4) is 0 Å². The highest BCUT2D eigenvalue weighted by Gasteiger charge is 2.18. The van der Waals surface area contributed by atoms with Crippen LogP contribution < -0.4 is 10.1 Å². The van der Waals surface area contributed by atoms with Gasteiger partial charge in [-0.2, -0.15) is 0 Å². The van der Waals surface area contributed by atoms with E-state index in [1.807, 2.05) is 30.3 Å². The highest BCUT2D eigenvalue weighted by molar-refractivity contribution is 14.0. The minimum Gasteiger partial charge on any atom is -0.489 e. The first-order valence-electron chi connectivity index (χ1n) is 10.6. The number of halogens is 1. The van der Waals surface area contributed by atoms with Crippen LogP contribution in [0.25, 0.3) is 0 Å². The molecule has 1 atom stereocenters. The standard InChI is InChI=1S/C24H33N3O2.HI/c1-3-25-24(27(2)17-22-14-16-28-18-22)26-15-13-20-9-11-23(12-10-20)29-19-21-7-5-4-6-8-21;/h4-12,22H,3,13-19H2,1-2H3,(H,25,26);1H. The van der Waals surface area contributed by atoms with Crippen LogP contribution in [-0.4, -0.2) is 50.8 Å². The van der Waals surface area contributed by atoms with Gasteiger partial charge in [-0.25, -0.2) is 0 Å². The highest BCUT2D eigenvalue weighted by Crippen LogP contribution is 2.15. The van der Waals surface area contributed by atoms with E-state index in [-0.39, 0.29) is 24.0 Å². The van der Waals surface area contributed by atoms with Crippen LogP contribution in [0.4, 0.5) is 0 Å². The summed E-state index contributed by atoms with van der Waals surface area (Å²) < 4.78 is 11.4. The lowest BCUT2D eigenvalue weighted by Gasteiger charge is -2.24. The molecule has 1 heterocycles. The van der Waals surface area contributed by atoms with Crippen LogP contribution in [-0.2, 0) is 17.8 Å². The fourth-order valence-electron chi connectivity index (χ4n) is 3.45. The van der Waals surface area contributed by atoms with Crippen LogP contribution in [0.1, 0.15) is 24.5 Å². The Morgan fingerprint density at radius 1 is 1.13 bits per heavy atom. The smallest absolute Gasteiger partial charge is 0.193 e. The van der Waals surface area contributed by atoms with E-state index < -0.39 is 0 Å². The maximum atomic E-state index is 5.86. The summed E-state index contributed by atoms with van der Waals surface area (Å²) in [4.78, 5) is 7.03. The lowest BCUT2D eigenvalue weighted by Crippen LogP contribution is -2.41. The van der Waals surface area contributed by atoms with Crippen molar-refractivity contribution in [3.05, 3.63) is 65.7 Å². The maximum Gasteiger partial charge on any atom is 0.193 e. The third kappa shape index (κ3) is 8.14. The van der Waals surface area contributed by atoms with E-state index in [1.165, 1.54) is 11.1 Å². The van der Waals surface area contributed by atoms with Crippen molar-refractivity contribution in [1.82, 2.24) is 10.2 Å². The zero-order valence-corrected chi connectivity index (χ0v) is 20.4. The van der Waals surface area contributed by atoms with Crippen LogP contribution >= 0.6 is 24.0 Å². The Balaban J connectivity index is 0.00000320. The molecule has 1 aliphatic rings. The maximum absolute atomic E-state index is 5.86. The summed E-state index contributed by atoms with van der Waals surface area (Å²) in [5.41, 5.74) is 2.44. The summed E-state index contributed by atoms with van der Waals surface area (Å²) in [5, 5.41) is 3.40. The molecule has 0 radical (unpaired) electrons. The van der Waals surface area contributed by atoms with E-state index in [9.17, 15) is 0 Å². The first-order valence-corrected chi connectivity index (χ1v) is 10.6. The number of aliphatic imine (C=N–C) groups is 1. The Labute approximate surface area is 197 Å². The first kappa shape index (κ1) is 24.5. The van der Waals surface area contributed by atoms with Crippen LogP contribution in [0.15, 0.2) is 59.6 Å². The van der Waals surface area contributed by atoms with Gasteiger partial charge in [0.25, 0.3) is 0 Å². The molecule has 1 N–H and O–H groups in total. The van der Waals surface area contributed by atoms with E-state index >= 15 is 0 Å². The lowest BCUT2D eigenvalue weighted by molar-refractivity contribution is 0.181. The summed E-state index contributed by atoms with van der Waals surface area (Å²) in [6.45, 7) is 7.07. The molecule has 1 saturated heterocycles. The van der Waals surface area contributed by atoms with Gasteiger partial charge >= 0.3 is 0 Å². The topological polar surface area (TPSA) is 46.1 Å². The molecule has 0 aliphatic carbocycles. The predicted octanol–water partition coefficient (Wildman–Crippen LogP) is 4.36. The van der Waals surface area contributed by atoms with Crippen molar-refractivity contribution in [2.24, 2.45) is 10.9 Å². The van der Waals surface area contributed by atoms with Gasteiger partial charge in [-0.05, 0) is 43.0 Å². The third-order valence-corrected chi connectivity index (χ3v) is 5.09. The molecule has 1 unspecified atom stereocenters. The minimum absolute atomic E-state index is 0. The van der Waals surface area contributed by atoms with Gasteiger partial charge < -0.3 is 19.7 Å². The van der Waals surface area contributed by atoms with Gasteiger partial charge in [-0.1, -0.05) is 42.5 Å². The van der Waals surface area contributed by atoms with Crippen LogP contribution in [0, 0.1) is 5.92 Å². The largest absolute Gasteiger partial charge is 0.489 e. The Hall–Kier alpha value is -1.80. The molecule has 0 spiro atoms. The monoisotopic (exact) mass is 523 g/mol. The molecule has 5 nitrogen and oxygen atoms in total. The van der Waals surface area contributed by atoms with Crippen molar-refractivity contribution in [2.45, 2.75) is 26.4 Å². The molecule has 0 amide bonds. The molecular weight excluding hydrogens is 489 g/mol. The summed E-state index contributed by atoms with van der Waals surface area (Å²) in [6.07, 6.45) is 2.05. The number of hydrogen-bond donors (Lipinski definition) is 1. The zero-order valence-electron chi connectivity index (χ0n) is 18.0. The average molecular weight is 523 g/mol. The van der Waals surface area contributed by atoms with Crippen molar-refractivity contribution in [2.75, 3.05) is 39.9 Å². The zero-order chi connectivity index (χ0) is 20.3. The quantitative estimate of drug-likeness (QED) is 0.302. The van der Waals surface area contributed by atoms with Crippen molar-refractivity contribution >= 4 is 29.9 Å². The van der Waals surface area contributed by atoms with E-state index in [2.05, 4.69) is 48.5 Å². The lowest BCUT2D eigenvalue weighted by atomic mass is 10.1. The average Bonchev–Trinajstić information content (AvgIpc) is 3.26. The number of hydrogen-bond acceptors (Lipinski definition) is 3. The number of benzene rings is 2. The number of ether oxygens (including phenoxy) is 2. The first-order chi connectivity index (χ1) is 14.2. The molecule has 0 saturated carbocycles. The minimum atomic E-state index is 0. The molecule has 30 heavy (non-hydrogen) atoms. The van der Waals surface area contributed by atoms with Gasteiger partial charge in [0.05, 0.1) is 6.61 Å². The molecule has 2 aromatic carbocycles. The van der Waals surface area contributed by atoms with Gasteiger partial charge in [0, 0.05) is 39.2 Å². The summed E-state index contributed by atoms with van der Waals surface area (Å²) in [6, 6.07) is 18.6. The van der Waals surface area contributed by atoms with Gasteiger partial charge in [-0.15, -0.1) is 24.0 Å². The normalized spacial score (nSPS) is 16.1. The summed E-state index contributed by atoms with van der Waals surface area (Å²) in [7, 11) is 2.11. The number of rotatable bonds is 9. The van der Waals surface area contributed by atoms with Crippen LogP contribution in [0.5, 0.6) is 5.75 Å². The molecule has 164 valence electrons. The number of nitrogens with one attached hydrogen (secondary N) is 1. The Morgan fingerprint density at radius 3 is 2.57 bits per heavy atom. The molecule has 6 heteroatoms. The molecule has 0 aromatic heterocycles. The van der Waals surface area contributed by atoms with E-state index in [0.29, 0.717) is 12.5 Å². The third-order valence-electron chi connectivity index (χ3n) is 5.09. The summed E-state index contributed by atoms with van der Waals surface area (Å²) >= 11 is 0. The van der Waals surface area contributed by atoms with Gasteiger partial charge in [-0.3, -0.25) is 4.99 Å². The van der Waals surface area contributed by atoms with Crippen molar-refractivity contribution in [3.63, 3.8) is 0 Å². The second-order valence-corrected chi connectivity index (χ2v) is 7.51. The van der Waals surface area contributed by atoms with Crippen LogP contribution in [0.2, 0.25) is 0 Å². The second kappa shape index (κ2) is 13.5. The van der Waals surface area contributed by atoms with Gasteiger partial charge in [0.1, 0.15) is 12.4 Å². The Kier molecular flexibility index (Phi) is 11.0.